The second-order valence-corrected chi connectivity index (χ2v) is 5.49. The average molecular weight is 270 g/mol. The Balaban J connectivity index is 2.39. The van der Waals surface area contributed by atoms with Crippen LogP contribution in [0.4, 0.5) is 10.2 Å². The maximum absolute atomic E-state index is 13.1. The SMILES string of the molecule is Cc1cc(NS(=O)(=O)c2cc(F)ccc2C)no1. The molecule has 0 unspecified atom stereocenters. The van der Waals surface area contributed by atoms with E-state index in [1.807, 2.05) is 0 Å². The molecule has 0 radical (unpaired) electrons. The minimum Gasteiger partial charge on any atom is -0.360 e. The third kappa shape index (κ3) is 2.51. The van der Waals surface area contributed by atoms with Gasteiger partial charge in [0.25, 0.3) is 10.0 Å². The molecule has 1 aromatic heterocycles. The quantitative estimate of drug-likeness (QED) is 0.928. The molecule has 1 N–H and O–H groups in total. The van der Waals surface area contributed by atoms with Crippen LogP contribution in [0.5, 0.6) is 0 Å². The highest BCUT2D eigenvalue weighted by Crippen LogP contribution is 2.20. The monoisotopic (exact) mass is 270 g/mol. The predicted octanol–water partition coefficient (Wildman–Crippen LogP) is 2.23. The lowest BCUT2D eigenvalue weighted by Crippen LogP contribution is -2.14. The number of benzene rings is 1. The van der Waals surface area contributed by atoms with E-state index in [9.17, 15) is 12.8 Å². The Hall–Kier alpha value is -1.89. The first kappa shape index (κ1) is 12.6. The van der Waals surface area contributed by atoms with E-state index >= 15 is 0 Å². The first-order chi connectivity index (χ1) is 8.38. The molecule has 2 rings (SSSR count). The summed E-state index contributed by atoms with van der Waals surface area (Å²) in [4.78, 5) is -0.122. The van der Waals surface area contributed by atoms with Crippen LogP contribution in [-0.4, -0.2) is 13.6 Å². The van der Waals surface area contributed by atoms with Crippen LogP contribution in [-0.2, 0) is 10.0 Å². The van der Waals surface area contributed by atoms with Gasteiger partial charge in [-0.15, -0.1) is 0 Å². The van der Waals surface area contributed by atoms with Gasteiger partial charge in [-0.1, -0.05) is 11.2 Å². The smallest absolute Gasteiger partial charge is 0.263 e. The first-order valence-electron chi connectivity index (χ1n) is 5.11. The van der Waals surface area contributed by atoms with E-state index in [0.29, 0.717) is 11.3 Å². The highest BCUT2D eigenvalue weighted by atomic mass is 32.2. The van der Waals surface area contributed by atoms with Gasteiger partial charge in [0.15, 0.2) is 5.82 Å². The van der Waals surface area contributed by atoms with Gasteiger partial charge >= 0.3 is 0 Å². The van der Waals surface area contributed by atoms with Crippen LogP contribution >= 0.6 is 0 Å². The topological polar surface area (TPSA) is 72.2 Å². The minimum absolute atomic E-state index is 0.0659. The minimum atomic E-state index is -3.87. The molecule has 18 heavy (non-hydrogen) atoms. The summed E-state index contributed by atoms with van der Waals surface area (Å²) in [7, 11) is -3.87. The van der Waals surface area contributed by atoms with Crippen LogP contribution in [0.25, 0.3) is 0 Å². The molecule has 5 nitrogen and oxygen atoms in total. The molecule has 7 heteroatoms. The molecule has 0 spiro atoms. The van der Waals surface area contributed by atoms with E-state index in [4.69, 9.17) is 4.52 Å². The molecule has 0 aliphatic heterocycles. The zero-order chi connectivity index (χ0) is 13.3. The second kappa shape index (κ2) is 4.41. The van der Waals surface area contributed by atoms with Crippen molar-refractivity contribution < 1.29 is 17.3 Å². The summed E-state index contributed by atoms with van der Waals surface area (Å²) in [6, 6.07) is 5.00. The van der Waals surface area contributed by atoms with Gasteiger partial charge in [-0.2, -0.15) is 0 Å². The number of anilines is 1. The lowest BCUT2D eigenvalue weighted by atomic mass is 10.2. The molecule has 2 aromatic rings. The summed E-state index contributed by atoms with van der Waals surface area (Å²) in [6.45, 7) is 3.22. The third-order valence-electron chi connectivity index (χ3n) is 2.31. The molecular weight excluding hydrogens is 259 g/mol. The van der Waals surface area contributed by atoms with Gasteiger partial charge < -0.3 is 4.52 Å². The van der Waals surface area contributed by atoms with E-state index in [-0.39, 0.29) is 10.7 Å². The number of aromatic nitrogens is 1. The molecule has 96 valence electrons. The number of hydrogen-bond donors (Lipinski definition) is 1. The van der Waals surface area contributed by atoms with Crippen LogP contribution < -0.4 is 4.72 Å². The van der Waals surface area contributed by atoms with E-state index < -0.39 is 15.8 Å². The third-order valence-corrected chi connectivity index (χ3v) is 3.80. The van der Waals surface area contributed by atoms with Gasteiger partial charge in [0.2, 0.25) is 0 Å². The van der Waals surface area contributed by atoms with Gasteiger partial charge in [0.1, 0.15) is 11.6 Å². The fraction of sp³-hybridized carbons (Fsp3) is 0.182. The van der Waals surface area contributed by atoms with E-state index in [0.717, 1.165) is 6.07 Å². The lowest BCUT2D eigenvalue weighted by molar-refractivity contribution is 0.400. The highest BCUT2D eigenvalue weighted by Gasteiger charge is 2.19. The molecule has 0 fully saturated rings. The summed E-state index contributed by atoms with van der Waals surface area (Å²) < 4.78 is 44.1. The fourth-order valence-corrected chi connectivity index (χ4v) is 2.71. The molecule has 1 aromatic carbocycles. The molecule has 0 amide bonds. The zero-order valence-electron chi connectivity index (χ0n) is 9.77. The predicted molar refractivity (Wildman–Crippen MR) is 63.2 cm³/mol. The van der Waals surface area contributed by atoms with Crippen molar-refractivity contribution in [3.8, 4) is 0 Å². The van der Waals surface area contributed by atoms with Gasteiger partial charge in [0, 0.05) is 6.07 Å². The Morgan fingerprint density at radius 1 is 1.28 bits per heavy atom. The standard InChI is InChI=1S/C11H11FN2O3S/c1-7-3-4-9(12)6-10(7)18(15,16)14-11-5-8(2)17-13-11/h3-6H,1-2H3,(H,13,14). The van der Waals surface area contributed by atoms with E-state index in [2.05, 4.69) is 9.88 Å². The molecule has 0 atom stereocenters. The number of rotatable bonds is 3. The van der Waals surface area contributed by atoms with Crippen molar-refractivity contribution >= 4 is 15.8 Å². The fourth-order valence-electron chi connectivity index (χ4n) is 1.47. The molecule has 0 aliphatic carbocycles. The van der Waals surface area contributed by atoms with Crippen LogP contribution in [0.1, 0.15) is 11.3 Å². The number of halogens is 1. The molecule has 0 saturated heterocycles. The van der Waals surface area contributed by atoms with Crippen LogP contribution in [0, 0.1) is 19.7 Å². The lowest BCUT2D eigenvalue weighted by Gasteiger charge is -2.07. The van der Waals surface area contributed by atoms with Crippen molar-refractivity contribution in [2.75, 3.05) is 4.72 Å². The number of sulfonamides is 1. The Labute approximate surface area is 104 Å². The van der Waals surface area contributed by atoms with Crippen molar-refractivity contribution in [3.63, 3.8) is 0 Å². The van der Waals surface area contributed by atoms with Gasteiger partial charge in [-0.25, -0.2) is 12.8 Å². The summed E-state index contributed by atoms with van der Waals surface area (Å²) in [6.07, 6.45) is 0. The van der Waals surface area contributed by atoms with Crippen LogP contribution in [0.15, 0.2) is 33.7 Å². The summed E-state index contributed by atoms with van der Waals surface area (Å²) >= 11 is 0. The van der Waals surface area contributed by atoms with Crippen LogP contribution in [0.3, 0.4) is 0 Å². The molecule has 1 heterocycles. The van der Waals surface area contributed by atoms with Crippen molar-refractivity contribution in [2.24, 2.45) is 0 Å². The number of aryl methyl sites for hydroxylation is 2. The summed E-state index contributed by atoms with van der Waals surface area (Å²) in [5.41, 5.74) is 0.448. The molecular formula is C11H11FN2O3S. The maximum Gasteiger partial charge on any atom is 0.263 e. The van der Waals surface area contributed by atoms with Gasteiger partial charge in [0.05, 0.1) is 4.90 Å². The first-order valence-corrected chi connectivity index (χ1v) is 6.59. The molecule has 0 bridgehead atoms. The van der Waals surface area contributed by atoms with Gasteiger partial charge in [-0.05, 0) is 31.5 Å². The Morgan fingerprint density at radius 2 is 2.00 bits per heavy atom. The normalized spacial score (nSPS) is 11.5. The Bertz CT molecular complexity index is 679. The zero-order valence-corrected chi connectivity index (χ0v) is 10.6. The van der Waals surface area contributed by atoms with Crippen LogP contribution in [0.2, 0.25) is 0 Å². The van der Waals surface area contributed by atoms with Crippen molar-refractivity contribution in [1.82, 2.24) is 5.16 Å². The number of nitrogens with zero attached hydrogens (tertiary/aromatic N) is 1. The average Bonchev–Trinajstić information content (AvgIpc) is 2.66. The van der Waals surface area contributed by atoms with E-state index in [1.165, 1.54) is 18.2 Å². The van der Waals surface area contributed by atoms with Crippen molar-refractivity contribution in [1.29, 1.82) is 0 Å². The van der Waals surface area contributed by atoms with Crippen molar-refractivity contribution in [3.05, 3.63) is 41.4 Å². The van der Waals surface area contributed by atoms with E-state index in [1.54, 1.807) is 13.8 Å². The second-order valence-electron chi connectivity index (χ2n) is 3.84. The summed E-state index contributed by atoms with van der Waals surface area (Å²) in [5.74, 6) is -0.0721. The number of nitrogens with one attached hydrogen (secondary N) is 1. The number of hydrogen-bond acceptors (Lipinski definition) is 4. The Kier molecular flexibility index (Phi) is 3.08. The maximum atomic E-state index is 13.1. The largest absolute Gasteiger partial charge is 0.360 e. The van der Waals surface area contributed by atoms with Gasteiger partial charge in [-0.3, -0.25) is 4.72 Å². The highest BCUT2D eigenvalue weighted by molar-refractivity contribution is 7.92. The Morgan fingerprint density at radius 3 is 2.61 bits per heavy atom. The molecule has 0 aliphatic rings. The van der Waals surface area contributed by atoms with Crippen molar-refractivity contribution in [2.45, 2.75) is 18.7 Å². The molecule has 0 saturated carbocycles. The summed E-state index contributed by atoms with van der Waals surface area (Å²) in [5, 5.41) is 3.52.